The van der Waals surface area contributed by atoms with Crippen molar-refractivity contribution in [3.63, 3.8) is 0 Å². The Hall–Kier alpha value is -1.42. The van der Waals surface area contributed by atoms with Gasteiger partial charge in [0.2, 0.25) is 0 Å². The van der Waals surface area contributed by atoms with Crippen LogP contribution in [-0.4, -0.2) is 24.8 Å². The van der Waals surface area contributed by atoms with Crippen molar-refractivity contribution in [3.8, 4) is 0 Å². The number of carbonyl (C=O) groups excluding carboxylic acids is 2. The van der Waals surface area contributed by atoms with Gasteiger partial charge in [0.25, 0.3) is 0 Å². The average molecular weight is 219 g/mol. The summed E-state index contributed by atoms with van der Waals surface area (Å²) in [4.78, 5) is 23.4. The normalized spacial score (nSPS) is 25.2. The number of carbonyl (C=O) groups is 2. The molecule has 3 aliphatic rings. The summed E-state index contributed by atoms with van der Waals surface area (Å²) < 4.78 is 5.18. The van der Waals surface area contributed by atoms with E-state index in [1.165, 1.54) is 0 Å². The van der Waals surface area contributed by atoms with E-state index in [0.717, 1.165) is 35.4 Å². The quantitative estimate of drug-likeness (QED) is 0.656. The van der Waals surface area contributed by atoms with Gasteiger partial charge in [0.15, 0.2) is 11.6 Å². The van der Waals surface area contributed by atoms with Crippen LogP contribution in [0.2, 0.25) is 0 Å². The summed E-state index contributed by atoms with van der Waals surface area (Å²) in [6, 6.07) is 0. The van der Waals surface area contributed by atoms with Gasteiger partial charge in [-0.05, 0) is 12.8 Å². The van der Waals surface area contributed by atoms with E-state index in [2.05, 4.69) is 5.32 Å². The lowest BCUT2D eigenvalue weighted by Crippen LogP contribution is -2.35. The number of hydrogen-bond donors (Lipinski definition) is 1. The minimum Gasteiger partial charge on any atom is -0.367 e. The molecular formula is C12H13NO3. The van der Waals surface area contributed by atoms with E-state index in [1.807, 2.05) is 0 Å². The van der Waals surface area contributed by atoms with Gasteiger partial charge in [-0.25, -0.2) is 0 Å². The van der Waals surface area contributed by atoms with Crippen LogP contribution in [-0.2, 0) is 14.3 Å². The fourth-order valence-electron chi connectivity index (χ4n) is 2.50. The summed E-state index contributed by atoms with van der Waals surface area (Å²) in [5.41, 5.74) is 3.44. The second-order valence-corrected chi connectivity index (χ2v) is 4.41. The Kier molecular flexibility index (Phi) is 2.17. The lowest BCUT2D eigenvalue weighted by Gasteiger charge is -2.31. The molecule has 2 heterocycles. The average Bonchev–Trinajstić information content (AvgIpc) is 2.28. The second-order valence-electron chi connectivity index (χ2n) is 4.41. The van der Waals surface area contributed by atoms with Crippen molar-refractivity contribution >= 4 is 11.6 Å². The summed E-state index contributed by atoms with van der Waals surface area (Å²) in [7, 11) is 0. The van der Waals surface area contributed by atoms with Crippen LogP contribution in [0.15, 0.2) is 22.5 Å². The molecular weight excluding hydrogens is 206 g/mol. The van der Waals surface area contributed by atoms with Crippen LogP contribution in [0, 0.1) is 0 Å². The summed E-state index contributed by atoms with van der Waals surface area (Å²) >= 11 is 0. The zero-order valence-corrected chi connectivity index (χ0v) is 8.97. The van der Waals surface area contributed by atoms with E-state index in [4.69, 9.17) is 4.74 Å². The molecule has 0 aromatic heterocycles. The van der Waals surface area contributed by atoms with Crippen LogP contribution >= 0.6 is 0 Å². The van der Waals surface area contributed by atoms with Gasteiger partial charge in [0.05, 0.1) is 6.61 Å². The maximum atomic E-state index is 11.7. The van der Waals surface area contributed by atoms with E-state index in [-0.39, 0.29) is 18.2 Å². The van der Waals surface area contributed by atoms with Gasteiger partial charge >= 0.3 is 0 Å². The number of ketones is 2. The summed E-state index contributed by atoms with van der Waals surface area (Å²) in [5.74, 6) is 0.207. The first kappa shape index (κ1) is 9.78. The molecule has 0 fully saturated rings. The van der Waals surface area contributed by atoms with Crippen LogP contribution in [0.4, 0.5) is 0 Å². The van der Waals surface area contributed by atoms with Gasteiger partial charge in [-0.2, -0.15) is 0 Å². The molecule has 1 N–H and O–H groups in total. The molecule has 4 nitrogen and oxygen atoms in total. The van der Waals surface area contributed by atoms with E-state index in [9.17, 15) is 9.59 Å². The summed E-state index contributed by atoms with van der Waals surface area (Å²) in [6.45, 7) is 0.614. The molecule has 3 rings (SSSR count). The Labute approximate surface area is 93.3 Å². The number of hydrogen-bond acceptors (Lipinski definition) is 4. The van der Waals surface area contributed by atoms with E-state index in [1.54, 1.807) is 0 Å². The molecule has 1 aliphatic carbocycles. The first-order valence-corrected chi connectivity index (χ1v) is 5.61. The Balaban J connectivity index is 1.95. The number of Topliss-reactive ketones (excluding diaryl/α,β-unsaturated/α-hetero) is 2. The standard InChI is InChI=1S/C12H13NO3/c14-11-3-1-2-9-7(11)4-8-10(13-9)5-16-6-12(8)15/h13H,1-6H2. The first-order chi connectivity index (χ1) is 7.75. The third-order valence-corrected chi connectivity index (χ3v) is 3.37. The highest BCUT2D eigenvalue weighted by molar-refractivity contribution is 6.03. The minimum absolute atomic E-state index is 0.0127. The highest BCUT2D eigenvalue weighted by Gasteiger charge is 2.31. The predicted molar refractivity (Wildman–Crippen MR) is 56.5 cm³/mol. The second kappa shape index (κ2) is 3.56. The molecule has 0 aromatic rings. The maximum absolute atomic E-state index is 11.7. The molecule has 0 saturated carbocycles. The van der Waals surface area contributed by atoms with Crippen LogP contribution in [0.1, 0.15) is 25.7 Å². The zero-order chi connectivity index (χ0) is 11.1. The number of ether oxygens (including phenoxy) is 1. The molecule has 4 heteroatoms. The maximum Gasteiger partial charge on any atom is 0.186 e. The fraction of sp³-hybridized carbons (Fsp3) is 0.500. The molecule has 0 unspecified atom stereocenters. The zero-order valence-electron chi connectivity index (χ0n) is 8.97. The fourth-order valence-corrected chi connectivity index (χ4v) is 2.50. The number of rotatable bonds is 0. The lowest BCUT2D eigenvalue weighted by atomic mass is 9.85. The van der Waals surface area contributed by atoms with Crippen molar-refractivity contribution in [2.45, 2.75) is 25.7 Å². The van der Waals surface area contributed by atoms with Gasteiger partial charge in [-0.15, -0.1) is 0 Å². The Bertz CT molecular complexity index is 405. The van der Waals surface area contributed by atoms with Gasteiger partial charge in [0.1, 0.15) is 6.61 Å². The van der Waals surface area contributed by atoms with Gasteiger partial charge in [0, 0.05) is 35.4 Å². The lowest BCUT2D eigenvalue weighted by molar-refractivity contribution is -0.121. The molecule has 2 aliphatic heterocycles. The topological polar surface area (TPSA) is 55.4 Å². The molecule has 0 aromatic carbocycles. The predicted octanol–water partition coefficient (Wildman–Crippen LogP) is 0.840. The van der Waals surface area contributed by atoms with Gasteiger partial charge in [-0.1, -0.05) is 0 Å². The highest BCUT2D eigenvalue weighted by Crippen LogP contribution is 2.32. The minimum atomic E-state index is 0.0127. The third-order valence-electron chi connectivity index (χ3n) is 3.37. The highest BCUT2D eigenvalue weighted by atomic mass is 16.5. The van der Waals surface area contributed by atoms with Gasteiger partial charge < -0.3 is 10.1 Å². The first-order valence-electron chi connectivity index (χ1n) is 5.61. The Morgan fingerprint density at radius 2 is 1.75 bits per heavy atom. The van der Waals surface area contributed by atoms with Crippen molar-refractivity contribution in [2.75, 3.05) is 13.2 Å². The van der Waals surface area contributed by atoms with Crippen LogP contribution < -0.4 is 5.32 Å². The van der Waals surface area contributed by atoms with Crippen LogP contribution in [0.25, 0.3) is 0 Å². The van der Waals surface area contributed by atoms with Crippen LogP contribution in [0.5, 0.6) is 0 Å². The SMILES string of the molecule is O=C1CCCC2=C1CC1=C(COCC1=O)N2. The smallest absolute Gasteiger partial charge is 0.186 e. The molecule has 0 spiro atoms. The van der Waals surface area contributed by atoms with E-state index >= 15 is 0 Å². The van der Waals surface area contributed by atoms with Crippen molar-refractivity contribution in [3.05, 3.63) is 22.5 Å². The molecule has 0 radical (unpaired) electrons. The molecule has 0 bridgehead atoms. The largest absolute Gasteiger partial charge is 0.367 e. The van der Waals surface area contributed by atoms with E-state index in [0.29, 0.717) is 19.4 Å². The monoisotopic (exact) mass is 219 g/mol. The van der Waals surface area contributed by atoms with E-state index < -0.39 is 0 Å². The Morgan fingerprint density at radius 1 is 0.938 bits per heavy atom. The van der Waals surface area contributed by atoms with Crippen molar-refractivity contribution in [2.24, 2.45) is 0 Å². The molecule has 16 heavy (non-hydrogen) atoms. The summed E-state index contributed by atoms with van der Waals surface area (Å²) in [6.07, 6.45) is 2.95. The van der Waals surface area contributed by atoms with Crippen molar-refractivity contribution in [1.82, 2.24) is 5.32 Å². The summed E-state index contributed by atoms with van der Waals surface area (Å²) in [5, 5.41) is 3.21. The van der Waals surface area contributed by atoms with Crippen LogP contribution in [0.3, 0.4) is 0 Å². The molecule has 84 valence electrons. The molecule has 0 saturated heterocycles. The number of nitrogens with one attached hydrogen (secondary N) is 1. The molecule has 0 amide bonds. The number of dihydropyridines is 1. The Morgan fingerprint density at radius 3 is 2.62 bits per heavy atom. The van der Waals surface area contributed by atoms with Crippen molar-refractivity contribution in [1.29, 1.82) is 0 Å². The number of allylic oxidation sites excluding steroid dienone is 2. The van der Waals surface area contributed by atoms with Gasteiger partial charge in [-0.3, -0.25) is 9.59 Å². The third kappa shape index (κ3) is 1.41. The molecule has 0 atom stereocenters. The van der Waals surface area contributed by atoms with Crippen molar-refractivity contribution < 1.29 is 14.3 Å².